The first-order valence-corrected chi connectivity index (χ1v) is 9.65. The van der Waals surface area contributed by atoms with Crippen LogP contribution in [0.4, 0.5) is 0 Å². The summed E-state index contributed by atoms with van der Waals surface area (Å²) in [7, 11) is 0. The molecule has 0 spiro atoms. The third kappa shape index (κ3) is 4.12. The van der Waals surface area contributed by atoms with Gasteiger partial charge in [0.25, 0.3) is 11.1 Å². The molecule has 1 saturated heterocycles. The number of likely N-dealkylation sites (tertiary alicyclic amines) is 1. The van der Waals surface area contributed by atoms with Gasteiger partial charge in [-0.3, -0.25) is 9.59 Å². The van der Waals surface area contributed by atoms with E-state index in [0.29, 0.717) is 11.8 Å². The zero-order valence-corrected chi connectivity index (χ0v) is 15.1. The molecular weight excluding hydrogens is 328 g/mol. The van der Waals surface area contributed by atoms with Crippen molar-refractivity contribution in [1.29, 1.82) is 0 Å². The lowest BCUT2D eigenvalue weighted by Gasteiger charge is -2.32. The van der Waals surface area contributed by atoms with Crippen LogP contribution in [0.2, 0.25) is 0 Å². The van der Waals surface area contributed by atoms with Gasteiger partial charge in [0.1, 0.15) is 0 Å². The van der Waals surface area contributed by atoms with Gasteiger partial charge in [0.15, 0.2) is 0 Å². The van der Waals surface area contributed by atoms with Gasteiger partial charge in [-0.25, -0.2) is 4.68 Å². The fourth-order valence-corrected chi connectivity index (χ4v) is 3.72. The summed E-state index contributed by atoms with van der Waals surface area (Å²) in [4.78, 5) is 26.3. The van der Waals surface area contributed by atoms with Crippen molar-refractivity contribution in [3.8, 4) is 0 Å². The van der Waals surface area contributed by atoms with Gasteiger partial charge in [0.05, 0.1) is 5.69 Å². The Balaban J connectivity index is 1.29. The summed E-state index contributed by atoms with van der Waals surface area (Å²) in [6, 6.07) is 8.84. The monoisotopic (exact) mass is 354 g/mol. The van der Waals surface area contributed by atoms with Gasteiger partial charge >= 0.3 is 0 Å². The number of hydrogen-bond acceptors (Lipinski definition) is 4. The number of rotatable bonds is 6. The quantitative estimate of drug-likeness (QED) is 0.792. The molecule has 0 aromatic carbocycles. The van der Waals surface area contributed by atoms with Crippen molar-refractivity contribution in [2.24, 2.45) is 5.92 Å². The summed E-state index contributed by atoms with van der Waals surface area (Å²) in [5.41, 5.74) is 1.15. The second kappa shape index (κ2) is 7.58. The third-order valence-electron chi connectivity index (χ3n) is 5.58. The van der Waals surface area contributed by atoms with E-state index in [2.05, 4.69) is 10.00 Å². The predicted octanol–water partition coefficient (Wildman–Crippen LogP) is 1.69. The lowest BCUT2D eigenvalue weighted by molar-refractivity contribution is 0.164. The minimum atomic E-state index is 0.0142. The molecule has 1 aliphatic carbocycles. The lowest BCUT2D eigenvalue weighted by atomic mass is 9.97. The molecule has 138 valence electrons. The van der Waals surface area contributed by atoms with Gasteiger partial charge in [-0.15, -0.1) is 0 Å². The minimum Gasteiger partial charge on any atom is -0.314 e. The van der Waals surface area contributed by atoms with Crippen molar-refractivity contribution in [2.45, 2.75) is 44.7 Å². The minimum absolute atomic E-state index is 0.0142. The molecule has 0 bridgehead atoms. The molecule has 1 saturated carbocycles. The van der Waals surface area contributed by atoms with Crippen molar-refractivity contribution >= 4 is 0 Å². The molecule has 2 aliphatic rings. The van der Waals surface area contributed by atoms with E-state index < -0.39 is 0 Å². The van der Waals surface area contributed by atoms with Crippen LogP contribution in [0.15, 0.2) is 46.1 Å². The maximum Gasteiger partial charge on any atom is 0.266 e. The summed E-state index contributed by atoms with van der Waals surface area (Å²) in [5.74, 6) is 1.08. The molecule has 0 N–H and O–H groups in total. The number of nitrogens with zero attached hydrogens (tertiary/aromatic N) is 4. The van der Waals surface area contributed by atoms with E-state index >= 15 is 0 Å². The molecule has 0 amide bonds. The highest BCUT2D eigenvalue weighted by atomic mass is 16.1. The first-order chi connectivity index (χ1) is 12.7. The van der Waals surface area contributed by atoms with E-state index in [1.54, 1.807) is 27.4 Å². The SMILES string of the molecule is O=c1ccccn1CCN1CCC(Cn2nc(C3CC3)ccc2=O)CC1. The Morgan fingerprint density at radius 1 is 0.923 bits per heavy atom. The van der Waals surface area contributed by atoms with Crippen molar-refractivity contribution in [1.82, 2.24) is 19.2 Å². The van der Waals surface area contributed by atoms with E-state index in [1.165, 1.54) is 12.8 Å². The van der Waals surface area contributed by atoms with Crippen LogP contribution < -0.4 is 11.1 Å². The summed E-state index contributed by atoms with van der Waals surface area (Å²) in [5, 5.41) is 4.59. The van der Waals surface area contributed by atoms with E-state index in [-0.39, 0.29) is 11.1 Å². The van der Waals surface area contributed by atoms with Gasteiger partial charge in [0.2, 0.25) is 0 Å². The maximum atomic E-state index is 12.1. The molecule has 0 atom stereocenters. The standard InChI is InChI=1S/C20H26N4O2/c25-19-3-1-2-10-23(19)14-13-22-11-8-16(9-12-22)15-24-20(26)7-6-18(21-24)17-4-5-17/h1-3,6-7,10,16-17H,4-5,8-9,11-15H2. The second-order valence-electron chi connectivity index (χ2n) is 7.57. The van der Waals surface area contributed by atoms with Crippen LogP contribution in [0.1, 0.15) is 37.3 Å². The molecule has 0 unspecified atom stereocenters. The molecule has 2 aromatic rings. The highest BCUT2D eigenvalue weighted by Crippen LogP contribution is 2.38. The van der Waals surface area contributed by atoms with Crippen LogP contribution in [-0.4, -0.2) is 38.9 Å². The molecule has 4 rings (SSSR count). The molecule has 2 fully saturated rings. The van der Waals surface area contributed by atoms with Crippen molar-refractivity contribution in [3.63, 3.8) is 0 Å². The highest BCUT2D eigenvalue weighted by Gasteiger charge is 2.26. The smallest absolute Gasteiger partial charge is 0.266 e. The van der Waals surface area contributed by atoms with E-state index in [9.17, 15) is 9.59 Å². The Morgan fingerprint density at radius 3 is 2.46 bits per heavy atom. The second-order valence-corrected chi connectivity index (χ2v) is 7.57. The van der Waals surface area contributed by atoms with Crippen LogP contribution in [-0.2, 0) is 13.1 Å². The van der Waals surface area contributed by atoms with Crippen molar-refractivity contribution in [3.05, 3.63) is 62.9 Å². The van der Waals surface area contributed by atoms with Gasteiger partial charge < -0.3 is 9.47 Å². The van der Waals surface area contributed by atoms with Crippen LogP contribution in [0.25, 0.3) is 0 Å². The Morgan fingerprint density at radius 2 is 1.73 bits per heavy atom. The molecule has 0 radical (unpaired) electrons. The van der Waals surface area contributed by atoms with Crippen LogP contribution in [0.5, 0.6) is 0 Å². The summed E-state index contributed by atoms with van der Waals surface area (Å²) in [6.45, 7) is 4.39. The fraction of sp³-hybridized carbons (Fsp3) is 0.550. The predicted molar refractivity (Wildman–Crippen MR) is 100 cm³/mol. The average Bonchev–Trinajstić information content (AvgIpc) is 3.49. The van der Waals surface area contributed by atoms with Crippen LogP contribution in [0.3, 0.4) is 0 Å². The third-order valence-corrected chi connectivity index (χ3v) is 5.58. The van der Waals surface area contributed by atoms with E-state index in [0.717, 1.165) is 51.3 Å². The molecule has 1 aliphatic heterocycles. The molecule has 6 nitrogen and oxygen atoms in total. The lowest BCUT2D eigenvalue weighted by Crippen LogP contribution is -2.39. The maximum absolute atomic E-state index is 12.1. The van der Waals surface area contributed by atoms with Gasteiger partial charge in [-0.1, -0.05) is 6.07 Å². The Hall–Kier alpha value is -2.21. The van der Waals surface area contributed by atoms with Crippen LogP contribution in [0, 0.1) is 5.92 Å². The first-order valence-electron chi connectivity index (χ1n) is 9.65. The number of pyridine rings is 1. The highest BCUT2D eigenvalue weighted by molar-refractivity contribution is 5.12. The molecule has 3 heterocycles. The zero-order valence-electron chi connectivity index (χ0n) is 15.1. The topological polar surface area (TPSA) is 60.1 Å². The average molecular weight is 354 g/mol. The number of aromatic nitrogens is 3. The van der Waals surface area contributed by atoms with Gasteiger partial charge in [-0.2, -0.15) is 5.10 Å². The van der Waals surface area contributed by atoms with Gasteiger partial charge in [0, 0.05) is 43.9 Å². The summed E-state index contributed by atoms with van der Waals surface area (Å²) >= 11 is 0. The Bertz CT molecular complexity index is 860. The Labute approximate surface area is 153 Å². The number of hydrogen-bond donors (Lipinski definition) is 0. The molecule has 2 aromatic heterocycles. The van der Waals surface area contributed by atoms with Crippen LogP contribution >= 0.6 is 0 Å². The van der Waals surface area contributed by atoms with Crippen molar-refractivity contribution in [2.75, 3.05) is 19.6 Å². The first kappa shape index (κ1) is 17.2. The summed E-state index contributed by atoms with van der Waals surface area (Å²) in [6.07, 6.45) is 6.40. The number of piperidine rings is 1. The molecule has 26 heavy (non-hydrogen) atoms. The zero-order chi connectivity index (χ0) is 17.9. The van der Waals surface area contributed by atoms with E-state index in [1.807, 2.05) is 18.3 Å². The molecule has 6 heteroatoms. The molecular formula is C20H26N4O2. The normalized spacial score (nSPS) is 18.9. The van der Waals surface area contributed by atoms with Crippen molar-refractivity contribution < 1.29 is 0 Å². The largest absolute Gasteiger partial charge is 0.314 e. The fourth-order valence-electron chi connectivity index (χ4n) is 3.72. The summed E-state index contributed by atoms with van der Waals surface area (Å²) < 4.78 is 3.44. The van der Waals surface area contributed by atoms with Gasteiger partial charge in [-0.05, 0) is 56.8 Å². The Kier molecular flexibility index (Phi) is 5.02. The van der Waals surface area contributed by atoms with E-state index in [4.69, 9.17) is 0 Å².